The van der Waals surface area contributed by atoms with E-state index in [1.54, 1.807) is 0 Å². The number of ether oxygens (including phenoxy) is 1. The summed E-state index contributed by atoms with van der Waals surface area (Å²) in [5, 5.41) is 0. The molecule has 1 rings (SSSR count). The number of nitrogens with zero attached hydrogens (tertiary/aromatic N) is 1. The van der Waals surface area contributed by atoms with Crippen LogP contribution in [0, 0.1) is 5.82 Å². The fourth-order valence-corrected chi connectivity index (χ4v) is 1.29. The number of rotatable bonds is 3. The summed E-state index contributed by atoms with van der Waals surface area (Å²) in [5.41, 5.74) is -1.86. The van der Waals surface area contributed by atoms with Crippen molar-refractivity contribution < 1.29 is 31.1 Å². The molecule has 0 saturated heterocycles. The average molecular weight is 280 g/mol. The molecule has 0 unspecified atom stereocenters. The van der Waals surface area contributed by atoms with Gasteiger partial charge in [-0.15, -0.1) is 24.8 Å². The third-order valence-electron chi connectivity index (χ3n) is 1.67. The smallest absolute Gasteiger partial charge is 0.402 e. The molecule has 1 aromatic rings. The van der Waals surface area contributed by atoms with E-state index in [2.05, 4.69) is 9.72 Å². The van der Waals surface area contributed by atoms with Gasteiger partial charge in [0, 0.05) is 0 Å². The molecule has 0 spiro atoms. The van der Waals surface area contributed by atoms with E-state index >= 15 is 0 Å². The standard InChI is InChI=1S/C8H4ClF6NO/c9-1-4-5(7(11)12)6(3(10)2-16-4)17-8(13,14)15/h2,7H,1H2. The van der Waals surface area contributed by atoms with Gasteiger partial charge in [-0.1, -0.05) is 0 Å². The highest BCUT2D eigenvalue weighted by atomic mass is 35.5. The Balaban J connectivity index is 3.34. The number of halogens is 7. The number of hydrogen-bond acceptors (Lipinski definition) is 2. The van der Waals surface area contributed by atoms with Crippen LogP contribution in [0.5, 0.6) is 5.75 Å². The van der Waals surface area contributed by atoms with Crippen molar-refractivity contribution in [3.05, 3.63) is 23.3 Å². The van der Waals surface area contributed by atoms with Crippen LogP contribution in [0.2, 0.25) is 0 Å². The lowest BCUT2D eigenvalue weighted by Crippen LogP contribution is -2.20. The van der Waals surface area contributed by atoms with Crippen molar-refractivity contribution >= 4 is 11.6 Å². The molecule has 0 amide bonds. The summed E-state index contributed by atoms with van der Waals surface area (Å²) in [5.74, 6) is -3.82. The second-order valence-electron chi connectivity index (χ2n) is 2.78. The summed E-state index contributed by atoms with van der Waals surface area (Å²) in [6.07, 6.45) is -8.33. The van der Waals surface area contributed by atoms with Crippen LogP contribution in [0.4, 0.5) is 26.3 Å². The van der Waals surface area contributed by atoms with Gasteiger partial charge in [0.1, 0.15) is 0 Å². The molecule has 0 saturated carbocycles. The number of alkyl halides is 6. The van der Waals surface area contributed by atoms with Crippen LogP contribution >= 0.6 is 11.6 Å². The van der Waals surface area contributed by atoms with Gasteiger partial charge in [0.05, 0.1) is 23.3 Å². The monoisotopic (exact) mass is 279 g/mol. The molecule has 96 valence electrons. The van der Waals surface area contributed by atoms with Gasteiger partial charge in [0.2, 0.25) is 0 Å². The van der Waals surface area contributed by atoms with Crippen LogP contribution in [0.15, 0.2) is 6.20 Å². The summed E-state index contributed by atoms with van der Waals surface area (Å²) < 4.78 is 77.0. The molecule has 0 aliphatic carbocycles. The topological polar surface area (TPSA) is 22.1 Å². The van der Waals surface area contributed by atoms with Crippen molar-refractivity contribution in [2.24, 2.45) is 0 Å². The van der Waals surface area contributed by atoms with Crippen LogP contribution in [-0.4, -0.2) is 11.3 Å². The van der Waals surface area contributed by atoms with E-state index in [0.29, 0.717) is 6.20 Å². The van der Waals surface area contributed by atoms with E-state index in [1.165, 1.54) is 0 Å². The van der Waals surface area contributed by atoms with Gasteiger partial charge >= 0.3 is 6.36 Å². The SMILES string of the molecule is Fc1cnc(CCl)c(C(F)F)c1OC(F)(F)F. The van der Waals surface area contributed by atoms with Crippen LogP contribution in [0.25, 0.3) is 0 Å². The zero-order chi connectivity index (χ0) is 13.2. The summed E-state index contributed by atoms with van der Waals surface area (Å²) in [4.78, 5) is 3.17. The highest BCUT2D eigenvalue weighted by molar-refractivity contribution is 6.17. The summed E-state index contributed by atoms with van der Waals surface area (Å²) >= 11 is 5.22. The molecule has 0 aliphatic heterocycles. The number of pyridine rings is 1. The third kappa shape index (κ3) is 3.39. The van der Waals surface area contributed by atoms with E-state index in [-0.39, 0.29) is 0 Å². The van der Waals surface area contributed by atoms with Crippen molar-refractivity contribution in [3.8, 4) is 5.75 Å². The van der Waals surface area contributed by atoms with Crippen LogP contribution < -0.4 is 4.74 Å². The van der Waals surface area contributed by atoms with Gasteiger partial charge < -0.3 is 4.74 Å². The summed E-state index contributed by atoms with van der Waals surface area (Å²) in [7, 11) is 0. The Morgan fingerprint density at radius 3 is 2.35 bits per heavy atom. The maximum absolute atomic E-state index is 13.0. The average Bonchev–Trinajstić information content (AvgIpc) is 2.18. The van der Waals surface area contributed by atoms with E-state index in [0.717, 1.165) is 0 Å². The highest BCUT2D eigenvalue weighted by Gasteiger charge is 2.36. The maximum atomic E-state index is 13.0. The lowest BCUT2D eigenvalue weighted by molar-refractivity contribution is -0.276. The van der Waals surface area contributed by atoms with Crippen molar-refractivity contribution in [3.63, 3.8) is 0 Å². The summed E-state index contributed by atoms with van der Waals surface area (Å²) in [6.45, 7) is 0. The number of hydrogen-bond donors (Lipinski definition) is 0. The van der Waals surface area contributed by atoms with Crippen molar-refractivity contribution in [1.29, 1.82) is 0 Å². The molecule has 9 heteroatoms. The first-order valence-corrected chi connectivity index (χ1v) is 4.57. The molecule has 1 heterocycles. The largest absolute Gasteiger partial charge is 0.573 e. The van der Waals surface area contributed by atoms with Gasteiger partial charge in [-0.3, -0.25) is 4.98 Å². The van der Waals surface area contributed by atoms with E-state index in [4.69, 9.17) is 11.6 Å². The van der Waals surface area contributed by atoms with Crippen LogP contribution in [0.1, 0.15) is 17.7 Å². The Labute approximate surface area is 96.2 Å². The molecule has 0 bridgehead atoms. The fourth-order valence-electron chi connectivity index (χ4n) is 1.07. The van der Waals surface area contributed by atoms with Crippen molar-refractivity contribution in [1.82, 2.24) is 4.98 Å². The lowest BCUT2D eigenvalue weighted by atomic mass is 10.2. The molecule has 0 N–H and O–H groups in total. The first kappa shape index (κ1) is 13.9. The normalized spacial score (nSPS) is 12.0. The first-order valence-electron chi connectivity index (χ1n) is 4.03. The molecule has 0 fully saturated rings. The Morgan fingerprint density at radius 1 is 1.35 bits per heavy atom. The maximum Gasteiger partial charge on any atom is 0.573 e. The second kappa shape index (κ2) is 4.99. The van der Waals surface area contributed by atoms with Gasteiger partial charge in [-0.25, -0.2) is 13.2 Å². The highest BCUT2D eigenvalue weighted by Crippen LogP contribution is 2.36. The predicted octanol–water partition coefficient (Wildman–Crippen LogP) is 3.80. The van der Waals surface area contributed by atoms with Gasteiger partial charge in [-0.2, -0.15) is 0 Å². The Kier molecular flexibility index (Phi) is 4.07. The minimum absolute atomic E-state index is 0.338. The van der Waals surface area contributed by atoms with E-state index < -0.39 is 41.5 Å². The quantitative estimate of drug-likeness (QED) is 0.620. The Morgan fingerprint density at radius 2 is 1.94 bits per heavy atom. The Bertz CT molecular complexity index is 408. The Hall–Kier alpha value is -1.18. The van der Waals surface area contributed by atoms with Crippen LogP contribution in [-0.2, 0) is 5.88 Å². The molecular formula is C8H4ClF6NO. The molecule has 0 aromatic carbocycles. The van der Waals surface area contributed by atoms with Crippen molar-refractivity contribution in [2.75, 3.05) is 0 Å². The number of aromatic nitrogens is 1. The first-order chi connectivity index (χ1) is 7.76. The minimum atomic E-state index is -5.28. The van der Waals surface area contributed by atoms with Gasteiger partial charge in [0.15, 0.2) is 11.6 Å². The zero-order valence-electron chi connectivity index (χ0n) is 7.86. The minimum Gasteiger partial charge on any atom is -0.402 e. The molecule has 0 aliphatic rings. The summed E-state index contributed by atoms with van der Waals surface area (Å²) in [6, 6.07) is 0. The third-order valence-corrected chi connectivity index (χ3v) is 1.92. The van der Waals surface area contributed by atoms with Crippen molar-refractivity contribution in [2.45, 2.75) is 18.7 Å². The van der Waals surface area contributed by atoms with E-state index in [9.17, 15) is 26.3 Å². The zero-order valence-corrected chi connectivity index (χ0v) is 8.62. The molecular weight excluding hydrogens is 276 g/mol. The van der Waals surface area contributed by atoms with Gasteiger partial charge in [-0.05, 0) is 0 Å². The van der Waals surface area contributed by atoms with Crippen LogP contribution in [0.3, 0.4) is 0 Å². The molecule has 2 nitrogen and oxygen atoms in total. The molecule has 17 heavy (non-hydrogen) atoms. The van der Waals surface area contributed by atoms with E-state index in [1.807, 2.05) is 0 Å². The molecule has 0 radical (unpaired) electrons. The van der Waals surface area contributed by atoms with Gasteiger partial charge in [0.25, 0.3) is 6.43 Å². The second-order valence-corrected chi connectivity index (χ2v) is 3.05. The molecule has 0 atom stereocenters. The molecule has 1 aromatic heterocycles. The predicted molar refractivity (Wildman–Crippen MR) is 45.4 cm³/mol. The lowest BCUT2D eigenvalue weighted by Gasteiger charge is -2.15. The fraction of sp³-hybridized carbons (Fsp3) is 0.375.